The van der Waals surface area contributed by atoms with Crippen LogP contribution in [0.2, 0.25) is 0 Å². The molecule has 3 heterocycles. The highest BCUT2D eigenvalue weighted by Gasteiger charge is 2.21. The average Bonchev–Trinajstić information content (AvgIpc) is 2.84. The third kappa shape index (κ3) is 2.31. The Morgan fingerprint density at radius 1 is 1.14 bits per heavy atom. The molecule has 0 spiro atoms. The Kier molecular flexibility index (Phi) is 3.04. The van der Waals surface area contributed by atoms with Crippen molar-refractivity contribution >= 4 is 5.65 Å². The van der Waals surface area contributed by atoms with Crippen LogP contribution < -0.4 is 0 Å². The van der Waals surface area contributed by atoms with Crippen LogP contribution >= 0.6 is 0 Å². The number of hydrogen-bond acceptors (Lipinski definition) is 3. The lowest BCUT2D eigenvalue weighted by Crippen LogP contribution is -2.12. The molecule has 0 bridgehead atoms. The maximum atomic E-state index is 4.79. The monoisotopic (exact) mass is 280 g/mol. The lowest BCUT2D eigenvalue weighted by Gasteiger charge is -2.14. The Hall–Kier alpha value is -2.23. The lowest BCUT2D eigenvalue weighted by molar-refractivity contribution is 0.563. The van der Waals surface area contributed by atoms with E-state index in [1.807, 2.05) is 23.7 Å². The summed E-state index contributed by atoms with van der Waals surface area (Å²) in [6.07, 6.45) is 3.66. The first-order valence-corrected chi connectivity index (χ1v) is 7.16. The van der Waals surface area contributed by atoms with Crippen molar-refractivity contribution < 1.29 is 0 Å². The molecule has 0 saturated carbocycles. The molecule has 21 heavy (non-hydrogen) atoms. The number of nitrogens with zero attached hydrogens (tertiary/aromatic N) is 4. The topological polar surface area (TPSA) is 43.1 Å². The molecule has 0 aliphatic rings. The second-order valence-corrected chi connectivity index (χ2v) is 6.46. The number of rotatable bonds is 1. The third-order valence-corrected chi connectivity index (χ3v) is 3.79. The summed E-state index contributed by atoms with van der Waals surface area (Å²) in [6.45, 7) is 10.6. The molecule has 0 aliphatic carbocycles. The van der Waals surface area contributed by atoms with E-state index in [4.69, 9.17) is 5.10 Å². The largest absolute Gasteiger partial charge is 0.264 e. The van der Waals surface area contributed by atoms with Gasteiger partial charge >= 0.3 is 0 Å². The average molecular weight is 280 g/mol. The Labute approximate surface area is 124 Å². The molecule has 0 radical (unpaired) electrons. The molecule has 0 fully saturated rings. The summed E-state index contributed by atoms with van der Waals surface area (Å²) in [6, 6.07) is 6.09. The van der Waals surface area contributed by atoms with Crippen LogP contribution in [0.25, 0.3) is 16.9 Å². The summed E-state index contributed by atoms with van der Waals surface area (Å²) in [5.74, 6) is 0. The molecule has 0 atom stereocenters. The van der Waals surface area contributed by atoms with Gasteiger partial charge in [0.1, 0.15) is 0 Å². The molecule has 0 aromatic carbocycles. The summed E-state index contributed by atoms with van der Waals surface area (Å²) in [5, 5.41) is 4.79. The first-order valence-electron chi connectivity index (χ1n) is 7.16. The van der Waals surface area contributed by atoms with Crippen LogP contribution in [-0.2, 0) is 5.41 Å². The summed E-state index contributed by atoms with van der Waals surface area (Å²) < 4.78 is 1.94. The SMILES string of the molecule is Cc1nc2cc(C(C)(C)C)nn2c(-c2cccnc2)c1C. The van der Waals surface area contributed by atoms with Crippen molar-refractivity contribution in [2.45, 2.75) is 40.0 Å². The number of aryl methyl sites for hydroxylation is 1. The smallest absolute Gasteiger partial charge is 0.156 e. The van der Waals surface area contributed by atoms with Gasteiger partial charge < -0.3 is 0 Å². The number of fused-ring (bicyclic) bond motifs is 1. The highest BCUT2D eigenvalue weighted by molar-refractivity contribution is 5.66. The van der Waals surface area contributed by atoms with E-state index < -0.39 is 0 Å². The zero-order chi connectivity index (χ0) is 15.2. The second kappa shape index (κ2) is 4.65. The van der Waals surface area contributed by atoms with Gasteiger partial charge in [0.2, 0.25) is 0 Å². The van der Waals surface area contributed by atoms with Crippen LogP contribution in [0.3, 0.4) is 0 Å². The van der Waals surface area contributed by atoms with Gasteiger partial charge in [0.25, 0.3) is 0 Å². The highest BCUT2D eigenvalue weighted by atomic mass is 15.3. The van der Waals surface area contributed by atoms with E-state index in [1.54, 1.807) is 6.20 Å². The molecule has 3 aromatic heterocycles. The quantitative estimate of drug-likeness (QED) is 0.682. The van der Waals surface area contributed by atoms with Gasteiger partial charge in [-0.1, -0.05) is 20.8 Å². The van der Waals surface area contributed by atoms with Crippen LogP contribution in [0.1, 0.15) is 37.7 Å². The van der Waals surface area contributed by atoms with E-state index in [0.29, 0.717) is 0 Å². The van der Waals surface area contributed by atoms with E-state index in [1.165, 1.54) is 0 Å². The van der Waals surface area contributed by atoms with Gasteiger partial charge in [-0.25, -0.2) is 9.50 Å². The predicted octanol–water partition coefficient (Wildman–Crippen LogP) is 3.71. The molecule has 3 aromatic rings. The first-order chi connectivity index (χ1) is 9.88. The fourth-order valence-corrected chi connectivity index (χ4v) is 2.41. The number of pyridine rings is 1. The minimum atomic E-state index is 0.00170. The highest BCUT2D eigenvalue weighted by Crippen LogP contribution is 2.28. The molecule has 0 aliphatic heterocycles. The fourth-order valence-electron chi connectivity index (χ4n) is 2.41. The van der Waals surface area contributed by atoms with Crippen molar-refractivity contribution in [2.24, 2.45) is 0 Å². The first kappa shape index (κ1) is 13.7. The van der Waals surface area contributed by atoms with Gasteiger partial charge in [0.05, 0.1) is 11.4 Å². The molecule has 0 saturated heterocycles. The van der Waals surface area contributed by atoms with Crippen LogP contribution in [0.5, 0.6) is 0 Å². The molecular formula is C17H20N4. The van der Waals surface area contributed by atoms with Gasteiger partial charge in [-0.15, -0.1) is 0 Å². The minimum absolute atomic E-state index is 0.00170. The van der Waals surface area contributed by atoms with Crippen molar-refractivity contribution in [3.05, 3.63) is 47.5 Å². The third-order valence-electron chi connectivity index (χ3n) is 3.79. The molecular weight excluding hydrogens is 260 g/mol. The van der Waals surface area contributed by atoms with Gasteiger partial charge in [-0.3, -0.25) is 4.98 Å². The number of hydrogen-bond donors (Lipinski definition) is 0. The Bertz CT molecular complexity index is 795. The lowest BCUT2D eigenvalue weighted by atomic mass is 9.93. The molecule has 0 unspecified atom stereocenters. The van der Waals surface area contributed by atoms with Gasteiger partial charge in [-0.2, -0.15) is 5.10 Å². The van der Waals surface area contributed by atoms with E-state index in [9.17, 15) is 0 Å². The van der Waals surface area contributed by atoms with Crippen molar-refractivity contribution in [3.8, 4) is 11.3 Å². The fraction of sp³-hybridized carbons (Fsp3) is 0.353. The molecule has 4 nitrogen and oxygen atoms in total. The molecule has 0 amide bonds. The second-order valence-electron chi connectivity index (χ2n) is 6.46. The van der Waals surface area contributed by atoms with Crippen molar-refractivity contribution in [1.82, 2.24) is 19.6 Å². The zero-order valence-electron chi connectivity index (χ0n) is 13.2. The van der Waals surface area contributed by atoms with Crippen LogP contribution in [0.4, 0.5) is 0 Å². The van der Waals surface area contributed by atoms with E-state index in [2.05, 4.69) is 49.8 Å². The maximum Gasteiger partial charge on any atom is 0.156 e. The summed E-state index contributed by atoms with van der Waals surface area (Å²) >= 11 is 0. The Morgan fingerprint density at radius 2 is 1.90 bits per heavy atom. The maximum absolute atomic E-state index is 4.79. The molecule has 0 N–H and O–H groups in total. The van der Waals surface area contributed by atoms with Crippen molar-refractivity contribution in [1.29, 1.82) is 0 Å². The van der Waals surface area contributed by atoms with E-state index >= 15 is 0 Å². The van der Waals surface area contributed by atoms with Gasteiger partial charge in [-0.05, 0) is 31.5 Å². The summed E-state index contributed by atoms with van der Waals surface area (Å²) in [4.78, 5) is 8.91. The van der Waals surface area contributed by atoms with E-state index in [-0.39, 0.29) is 5.41 Å². The van der Waals surface area contributed by atoms with Crippen molar-refractivity contribution in [2.75, 3.05) is 0 Å². The predicted molar refractivity (Wildman–Crippen MR) is 84.4 cm³/mol. The molecule has 108 valence electrons. The summed E-state index contributed by atoms with van der Waals surface area (Å²) in [5.41, 5.74) is 6.24. The molecule has 4 heteroatoms. The van der Waals surface area contributed by atoms with Gasteiger partial charge in [0.15, 0.2) is 5.65 Å². The zero-order valence-corrected chi connectivity index (χ0v) is 13.2. The number of aromatic nitrogens is 4. The van der Waals surface area contributed by atoms with Crippen LogP contribution in [-0.4, -0.2) is 19.6 Å². The van der Waals surface area contributed by atoms with Crippen molar-refractivity contribution in [3.63, 3.8) is 0 Å². The van der Waals surface area contributed by atoms with Crippen LogP contribution in [0.15, 0.2) is 30.6 Å². The summed E-state index contributed by atoms with van der Waals surface area (Å²) in [7, 11) is 0. The standard InChI is InChI=1S/C17H20N4/c1-11-12(2)19-15-9-14(17(3,4)5)20-21(15)16(11)13-7-6-8-18-10-13/h6-10H,1-5H3. The Balaban J connectivity index is 2.37. The van der Waals surface area contributed by atoms with Crippen LogP contribution in [0, 0.1) is 13.8 Å². The van der Waals surface area contributed by atoms with E-state index in [0.717, 1.165) is 33.9 Å². The Morgan fingerprint density at radius 3 is 2.52 bits per heavy atom. The molecule has 3 rings (SSSR count). The minimum Gasteiger partial charge on any atom is -0.264 e. The normalized spacial score (nSPS) is 12.0. The van der Waals surface area contributed by atoms with Gasteiger partial charge in [0, 0.05) is 35.1 Å².